The topological polar surface area (TPSA) is 73.9 Å². The average Bonchev–Trinajstić information content (AvgIpc) is 2.37. The fourth-order valence-electron chi connectivity index (χ4n) is 1.20. The van der Waals surface area contributed by atoms with Gasteiger partial charge in [-0.3, -0.25) is 4.79 Å². The Morgan fingerprint density at radius 1 is 1.22 bits per heavy atom. The molecule has 0 unspecified atom stereocenters. The van der Waals surface area contributed by atoms with Crippen LogP contribution in [-0.4, -0.2) is 39.3 Å². The molecule has 1 amide bonds. The first kappa shape index (κ1) is 14.0. The molecule has 1 aromatic carbocycles. The molecule has 0 heterocycles. The van der Waals surface area contributed by atoms with Gasteiger partial charge in [-0.1, -0.05) is 6.07 Å². The lowest BCUT2D eigenvalue weighted by atomic mass is 10.3. The Balaban J connectivity index is 2.42. The highest BCUT2D eigenvalue weighted by Crippen LogP contribution is 2.16. The molecule has 98 valence electrons. The van der Waals surface area contributed by atoms with E-state index < -0.39 is 11.9 Å². The van der Waals surface area contributed by atoms with Crippen molar-refractivity contribution in [2.45, 2.75) is 0 Å². The molecule has 18 heavy (non-hydrogen) atoms. The summed E-state index contributed by atoms with van der Waals surface area (Å²) < 4.78 is 14.2. The highest BCUT2D eigenvalue weighted by molar-refractivity contribution is 5.93. The molecule has 0 aliphatic carbocycles. The van der Waals surface area contributed by atoms with Crippen molar-refractivity contribution in [2.24, 2.45) is 0 Å². The zero-order chi connectivity index (χ0) is 13.4. The van der Waals surface area contributed by atoms with Crippen LogP contribution in [-0.2, 0) is 19.1 Å². The summed E-state index contributed by atoms with van der Waals surface area (Å²) in [4.78, 5) is 22.4. The third-order valence-electron chi connectivity index (χ3n) is 1.98. The largest absolute Gasteiger partial charge is 0.497 e. The number of hydrogen-bond donors (Lipinski definition) is 1. The number of carbonyl (C=O) groups excluding carboxylic acids is 2. The highest BCUT2D eigenvalue weighted by Gasteiger charge is 2.07. The smallest absolute Gasteiger partial charge is 0.332 e. The summed E-state index contributed by atoms with van der Waals surface area (Å²) in [5.74, 6) is -0.379. The van der Waals surface area contributed by atoms with E-state index in [1.165, 1.54) is 14.2 Å². The molecule has 6 heteroatoms. The van der Waals surface area contributed by atoms with Crippen LogP contribution in [0.2, 0.25) is 0 Å². The molecule has 1 N–H and O–H groups in total. The molecule has 6 nitrogen and oxygen atoms in total. The van der Waals surface area contributed by atoms with Crippen molar-refractivity contribution in [3.63, 3.8) is 0 Å². The van der Waals surface area contributed by atoms with Gasteiger partial charge < -0.3 is 19.5 Å². The first-order chi connectivity index (χ1) is 8.65. The van der Waals surface area contributed by atoms with Gasteiger partial charge in [-0.05, 0) is 12.1 Å². The molecule has 0 aliphatic rings. The molecule has 1 aromatic rings. The van der Waals surface area contributed by atoms with E-state index in [1.807, 2.05) is 0 Å². The number of anilines is 1. The predicted octanol–water partition coefficient (Wildman–Crippen LogP) is 0.823. The molecule has 0 fully saturated rings. The van der Waals surface area contributed by atoms with Gasteiger partial charge in [0, 0.05) is 18.9 Å². The third kappa shape index (κ3) is 4.84. The number of carbonyl (C=O) groups is 2. The molecular formula is C12H15NO5. The number of amides is 1. The molecule has 0 saturated heterocycles. The zero-order valence-electron chi connectivity index (χ0n) is 10.3. The van der Waals surface area contributed by atoms with E-state index in [-0.39, 0.29) is 13.2 Å². The minimum Gasteiger partial charge on any atom is -0.497 e. The maximum Gasteiger partial charge on any atom is 0.332 e. The fraction of sp³-hybridized carbons (Fsp3) is 0.333. The lowest BCUT2D eigenvalue weighted by Gasteiger charge is -2.07. The summed E-state index contributed by atoms with van der Waals surface area (Å²) in [6.07, 6.45) is 0. The second-order valence-electron chi connectivity index (χ2n) is 3.37. The van der Waals surface area contributed by atoms with Gasteiger partial charge in [0.1, 0.15) is 12.4 Å². The number of hydrogen-bond acceptors (Lipinski definition) is 5. The third-order valence-corrected chi connectivity index (χ3v) is 1.98. The van der Waals surface area contributed by atoms with Crippen LogP contribution in [0.15, 0.2) is 24.3 Å². The van der Waals surface area contributed by atoms with Crippen LogP contribution >= 0.6 is 0 Å². The standard InChI is InChI=1S/C12H15NO5/c1-16-8-12(15)18-7-11(14)13-9-4-3-5-10(6-9)17-2/h3-6H,7-8H2,1-2H3,(H,13,14). The highest BCUT2D eigenvalue weighted by atomic mass is 16.6. The fourth-order valence-corrected chi connectivity index (χ4v) is 1.20. The molecule has 0 aromatic heterocycles. The van der Waals surface area contributed by atoms with Gasteiger partial charge in [-0.25, -0.2) is 4.79 Å². The van der Waals surface area contributed by atoms with Crippen LogP contribution in [0.5, 0.6) is 5.75 Å². The Hall–Kier alpha value is -2.08. The van der Waals surface area contributed by atoms with Gasteiger partial charge in [0.2, 0.25) is 0 Å². The maximum absolute atomic E-state index is 11.5. The molecule has 0 bridgehead atoms. The van der Waals surface area contributed by atoms with Crippen LogP contribution < -0.4 is 10.1 Å². The second kappa shape index (κ2) is 7.29. The van der Waals surface area contributed by atoms with Crippen molar-refractivity contribution >= 4 is 17.6 Å². The molecule has 1 rings (SSSR count). The zero-order valence-corrected chi connectivity index (χ0v) is 10.3. The Bertz CT molecular complexity index is 419. The van der Waals surface area contributed by atoms with Crippen molar-refractivity contribution in [1.82, 2.24) is 0 Å². The van der Waals surface area contributed by atoms with E-state index >= 15 is 0 Å². The quantitative estimate of drug-likeness (QED) is 0.760. The van der Waals surface area contributed by atoms with E-state index in [9.17, 15) is 9.59 Å². The molecule has 0 atom stereocenters. The van der Waals surface area contributed by atoms with Crippen molar-refractivity contribution in [3.05, 3.63) is 24.3 Å². The summed E-state index contributed by atoms with van der Waals surface area (Å²) >= 11 is 0. The predicted molar refractivity (Wildman–Crippen MR) is 64.5 cm³/mol. The summed E-state index contributed by atoms with van der Waals surface area (Å²) in [6.45, 7) is -0.522. The summed E-state index contributed by atoms with van der Waals surface area (Å²) in [5, 5.41) is 2.58. The van der Waals surface area contributed by atoms with Crippen LogP contribution in [0.4, 0.5) is 5.69 Å². The van der Waals surface area contributed by atoms with Gasteiger partial charge in [0.15, 0.2) is 6.61 Å². The Kier molecular flexibility index (Phi) is 5.66. The number of ether oxygens (including phenoxy) is 3. The van der Waals surface area contributed by atoms with Crippen LogP contribution in [0.1, 0.15) is 0 Å². The average molecular weight is 253 g/mol. The SMILES string of the molecule is COCC(=O)OCC(=O)Nc1cccc(OC)c1. The van der Waals surface area contributed by atoms with E-state index in [1.54, 1.807) is 24.3 Å². The normalized spacial score (nSPS) is 9.67. The van der Waals surface area contributed by atoms with Gasteiger partial charge in [-0.2, -0.15) is 0 Å². The van der Waals surface area contributed by atoms with Gasteiger partial charge in [-0.15, -0.1) is 0 Å². The van der Waals surface area contributed by atoms with Crippen LogP contribution in [0, 0.1) is 0 Å². The van der Waals surface area contributed by atoms with Gasteiger partial charge >= 0.3 is 5.97 Å². The Morgan fingerprint density at radius 3 is 2.67 bits per heavy atom. The van der Waals surface area contributed by atoms with E-state index in [4.69, 9.17) is 4.74 Å². The molecule has 0 spiro atoms. The molecular weight excluding hydrogens is 238 g/mol. The monoisotopic (exact) mass is 253 g/mol. The summed E-state index contributed by atoms with van der Waals surface area (Å²) in [7, 11) is 2.91. The minimum absolute atomic E-state index is 0.174. The Morgan fingerprint density at radius 2 is 2.00 bits per heavy atom. The van der Waals surface area contributed by atoms with Crippen molar-refractivity contribution < 1.29 is 23.8 Å². The number of rotatable bonds is 6. The first-order valence-corrected chi connectivity index (χ1v) is 5.24. The molecule has 0 radical (unpaired) electrons. The van der Waals surface area contributed by atoms with E-state index in [0.717, 1.165) is 0 Å². The molecule has 0 saturated carbocycles. The first-order valence-electron chi connectivity index (χ1n) is 5.24. The lowest BCUT2D eigenvalue weighted by molar-refractivity contribution is -0.150. The van der Waals surface area contributed by atoms with Gasteiger partial charge in [0.25, 0.3) is 5.91 Å². The summed E-state index contributed by atoms with van der Waals surface area (Å²) in [6, 6.07) is 6.87. The van der Waals surface area contributed by atoms with Gasteiger partial charge in [0.05, 0.1) is 7.11 Å². The van der Waals surface area contributed by atoms with Crippen molar-refractivity contribution in [2.75, 3.05) is 32.8 Å². The maximum atomic E-state index is 11.5. The Labute approximate surface area is 105 Å². The number of nitrogens with one attached hydrogen (secondary N) is 1. The van der Waals surface area contributed by atoms with Crippen LogP contribution in [0.3, 0.4) is 0 Å². The minimum atomic E-state index is -0.585. The lowest BCUT2D eigenvalue weighted by Crippen LogP contribution is -2.22. The molecule has 0 aliphatic heterocycles. The second-order valence-corrected chi connectivity index (χ2v) is 3.37. The van der Waals surface area contributed by atoms with E-state index in [0.29, 0.717) is 11.4 Å². The van der Waals surface area contributed by atoms with E-state index in [2.05, 4.69) is 14.8 Å². The number of esters is 1. The number of benzene rings is 1. The van der Waals surface area contributed by atoms with Crippen molar-refractivity contribution in [3.8, 4) is 5.75 Å². The summed E-state index contributed by atoms with van der Waals surface area (Å²) in [5.41, 5.74) is 0.571. The van der Waals surface area contributed by atoms with Crippen molar-refractivity contribution in [1.29, 1.82) is 0 Å². The van der Waals surface area contributed by atoms with Crippen LogP contribution in [0.25, 0.3) is 0 Å². The number of methoxy groups -OCH3 is 2.